The highest BCUT2D eigenvalue weighted by molar-refractivity contribution is 7.98. The first-order valence-corrected chi connectivity index (χ1v) is 11.8. The summed E-state index contributed by atoms with van der Waals surface area (Å²) in [5.41, 5.74) is 2.96. The third-order valence-electron chi connectivity index (χ3n) is 5.37. The lowest BCUT2D eigenvalue weighted by atomic mass is 10.1. The third-order valence-corrected chi connectivity index (χ3v) is 6.11. The van der Waals surface area contributed by atoms with Crippen LogP contribution in [0, 0.1) is 13.8 Å². The second kappa shape index (κ2) is 9.53. The molecule has 0 N–H and O–H groups in total. The van der Waals surface area contributed by atoms with Gasteiger partial charge in [-0.05, 0) is 74.6 Å². The molecule has 5 heteroatoms. The van der Waals surface area contributed by atoms with Crippen LogP contribution in [0.25, 0.3) is 21.9 Å². The van der Waals surface area contributed by atoms with Gasteiger partial charge in [-0.2, -0.15) is 0 Å². The molecule has 0 aliphatic carbocycles. The lowest BCUT2D eigenvalue weighted by Crippen LogP contribution is -2.00. The first-order valence-electron chi connectivity index (χ1n) is 10.6. The van der Waals surface area contributed by atoms with Gasteiger partial charge in [0.15, 0.2) is 0 Å². The number of thioether (sulfide) groups is 1. The van der Waals surface area contributed by atoms with Crippen molar-refractivity contribution in [1.82, 2.24) is 0 Å². The highest BCUT2D eigenvalue weighted by Crippen LogP contribution is 2.34. The number of benzene rings is 2. The Morgan fingerprint density at radius 2 is 1.66 bits per heavy atom. The van der Waals surface area contributed by atoms with Gasteiger partial charge in [-0.25, -0.2) is 4.99 Å². The molecule has 0 saturated heterocycles. The van der Waals surface area contributed by atoms with Gasteiger partial charge < -0.3 is 13.9 Å². The average Bonchev–Trinajstić information content (AvgIpc) is 3.00. The van der Waals surface area contributed by atoms with Crippen LogP contribution in [0.3, 0.4) is 0 Å². The normalized spacial score (nSPS) is 11.7. The van der Waals surface area contributed by atoms with Crippen LogP contribution in [0.4, 0.5) is 5.69 Å². The molecule has 0 unspecified atom stereocenters. The molecular formula is C27H27NO3S. The Labute approximate surface area is 192 Å². The van der Waals surface area contributed by atoms with Crippen LogP contribution in [0.15, 0.2) is 75.0 Å². The molecule has 32 heavy (non-hydrogen) atoms. The van der Waals surface area contributed by atoms with E-state index < -0.39 is 0 Å². The Morgan fingerprint density at radius 3 is 2.34 bits per heavy atom. The molecule has 0 bridgehead atoms. The summed E-state index contributed by atoms with van der Waals surface area (Å²) in [5, 5.41) is 2.75. The van der Waals surface area contributed by atoms with Gasteiger partial charge in [-0.3, -0.25) is 0 Å². The van der Waals surface area contributed by atoms with Gasteiger partial charge in [0.2, 0.25) is 0 Å². The van der Waals surface area contributed by atoms with Gasteiger partial charge in [0.05, 0.1) is 35.5 Å². The number of rotatable bonds is 6. The first kappa shape index (κ1) is 22.0. The van der Waals surface area contributed by atoms with Crippen LogP contribution < -0.4 is 14.8 Å². The van der Waals surface area contributed by atoms with E-state index in [0.717, 1.165) is 56.0 Å². The minimum absolute atomic E-state index is 0.565. The molecule has 0 spiro atoms. The molecule has 1 heterocycles. The number of furan rings is 1. The minimum Gasteiger partial charge on any atom is -0.497 e. The molecule has 0 radical (unpaired) electrons. The monoisotopic (exact) mass is 445 g/mol. The van der Waals surface area contributed by atoms with E-state index >= 15 is 0 Å². The standard InChI is InChI=1S/C27H27NO3S/c1-6-30-25-15-20(19-10-12-23(32-5)13-11-19)14-24(26-17(2)31-18(3)27(25)26)28-21-8-7-9-22(16-21)29-4/h7-16H,6H2,1-5H3. The molecule has 0 saturated carbocycles. The molecule has 0 fully saturated rings. The Kier molecular flexibility index (Phi) is 6.56. The number of ether oxygens (including phenoxy) is 2. The summed E-state index contributed by atoms with van der Waals surface area (Å²) < 4.78 is 17.5. The van der Waals surface area contributed by atoms with Crippen LogP contribution in [0.5, 0.6) is 11.5 Å². The van der Waals surface area contributed by atoms with Crippen molar-refractivity contribution in [1.29, 1.82) is 0 Å². The number of methoxy groups -OCH3 is 1. The van der Waals surface area contributed by atoms with Gasteiger partial charge in [0.25, 0.3) is 0 Å². The Hall–Kier alpha value is -3.18. The summed E-state index contributed by atoms with van der Waals surface area (Å²) in [6.07, 6.45) is 2.08. The second-order valence-corrected chi connectivity index (χ2v) is 8.31. The van der Waals surface area contributed by atoms with Crippen molar-refractivity contribution in [2.24, 2.45) is 4.99 Å². The maximum Gasteiger partial charge on any atom is 0.131 e. The summed E-state index contributed by atoms with van der Waals surface area (Å²) in [6.45, 7) is 6.51. The van der Waals surface area contributed by atoms with Gasteiger partial charge in [-0.15, -0.1) is 11.8 Å². The van der Waals surface area contributed by atoms with Gasteiger partial charge in [0.1, 0.15) is 23.0 Å². The summed E-state index contributed by atoms with van der Waals surface area (Å²) in [4.78, 5) is 6.24. The topological polar surface area (TPSA) is 44.0 Å². The Morgan fingerprint density at radius 1 is 0.906 bits per heavy atom. The zero-order chi connectivity index (χ0) is 22.7. The fourth-order valence-corrected chi connectivity index (χ4v) is 4.30. The van der Waals surface area contributed by atoms with Crippen molar-refractivity contribution in [3.8, 4) is 22.6 Å². The summed E-state index contributed by atoms with van der Waals surface area (Å²) in [5.74, 6) is 3.21. The van der Waals surface area contributed by atoms with Crippen LogP contribution in [-0.4, -0.2) is 20.0 Å². The van der Waals surface area contributed by atoms with Crippen LogP contribution in [0.1, 0.15) is 18.4 Å². The summed E-state index contributed by atoms with van der Waals surface area (Å²) in [7, 11) is 1.66. The molecule has 0 amide bonds. The molecule has 1 aromatic heterocycles. The molecule has 0 aliphatic heterocycles. The molecular weight excluding hydrogens is 418 g/mol. The van der Waals surface area contributed by atoms with Gasteiger partial charge in [-0.1, -0.05) is 18.2 Å². The quantitative estimate of drug-likeness (QED) is 0.298. The minimum atomic E-state index is 0.565. The van der Waals surface area contributed by atoms with E-state index in [0.29, 0.717) is 6.61 Å². The lowest BCUT2D eigenvalue weighted by Gasteiger charge is -2.05. The van der Waals surface area contributed by atoms with E-state index in [1.54, 1.807) is 18.9 Å². The van der Waals surface area contributed by atoms with Crippen molar-refractivity contribution in [2.45, 2.75) is 25.7 Å². The zero-order valence-electron chi connectivity index (χ0n) is 19.1. The van der Waals surface area contributed by atoms with Gasteiger partial charge in [0, 0.05) is 11.0 Å². The molecule has 4 nitrogen and oxygen atoms in total. The highest BCUT2D eigenvalue weighted by atomic mass is 32.2. The number of nitrogens with zero attached hydrogens (tertiary/aromatic N) is 1. The van der Waals surface area contributed by atoms with Crippen molar-refractivity contribution in [3.63, 3.8) is 0 Å². The van der Waals surface area contributed by atoms with E-state index in [-0.39, 0.29) is 0 Å². The molecule has 4 aromatic rings. The van der Waals surface area contributed by atoms with Crippen molar-refractivity contribution < 1.29 is 13.9 Å². The highest BCUT2D eigenvalue weighted by Gasteiger charge is 2.15. The number of hydrogen-bond acceptors (Lipinski definition) is 5. The van der Waals surface area contributed by atoms with Gasteiger partial charge >= 0.3 is 0 Å². The van der Waals surface area contributed by atoms with Crippen molar-refractivity contribution in [3.05, 3.63) is 77.5 Å². The maximum atomic E-state index is 6.10. The van der Waals surface area contributed by atoms with E-state index in [4.69, 9.17) is 18.9 Å². The first-order chi connectivity index (χ1) is 15.5. The smallest absolute Gasteiger partial charge is 0.131 e. The maximum absolute atomic E-state index is 6.10. The van der Waals surface area contributed by atoms with Crippen LogP contribution in [-0.2, 0) is 0 Å². The van der Waals surface area contributed by atoms with Crippen molar-refractivity contribution in [2.75, 3.05) is 20.0 Å². The van der Waals surface area contributed by atoms with Crippen LogP contribution >= 0.6 is 11.8 Å². The molecule has 164 valence electrons. The summed E-state index contributed by atoms with van der Waals surface area (Å²) >= 11 is 1.73. The number of fused-ring (bicyclic) bond motifs is 1. The third kappa shape index (κ3) is 4.39. The molecule has 4 rings (SSSR count). The fraction of sp³-hybridized carbons (Fsp3) is 0.222. The molecule has 0 atom stereocenters. The number of aryl methyl sites for hydroxylation is 2. The predicted octanol–water partition coefficient (Wildman–Crippen LogP) is 7.08. The zero-order valence-corrected chi connectivity index (χ0v) is 19.9. The molecule has 0 aliphatic rings. The van der Waals surface area contributed by atoms with Crippen molar-refractivity contribution >= 4 is 28.2 Å². The summed E-state index contributed by atoms with van der Waals surface area (Å²) in [6, 6.07) is 20.5. The predicted molar refractivity (Wildman–Crippen MR) is 132 cm³/mol. The Bertz CT molecular complexity index is 1320. The fourth-order valence-electron chi connectivity index (χ4n) is 3.89. The van der Waals surface area contributed by atoms with E-state index in [1.165, 1.54) is 4.90 Å². The SMILES string of the molecule is CCOc1cc(-c2ccc(SC)cc2)cc(=Nc2cccc(OC)c2)c2c(C)oc(C)c12. The largest absolute Gasteiger partial charge is 0.497 e. The van der Waals surface area contributed by atoms with E-state index in [2.05, 4.69) is 42.7 Å². The van der Waals surface area contributed by atoms with E-state index in [1.807, 2.05) is 45.0 Å². The lowest BCUT2D eigenvalue weighted by molar-refractivity contribution is 0.344. The van der Waals surface area contributed by atoms with E-state index in [9.17, 15) is 0 Å². The van der Waals surface area contributed by atoms with Crippen LogP contribution in [0.2, 0.25) is 0 Å². The number of hydrogen-bond donors (Lipinski definition) is 0. The Balaban J connectivity index is 2.08. The molecule has 3 aromatic carbocycles. The average molecular weight is 446 g/mol. The second-order valence-electron chi connectivity index (χ2n) is 7.43.